The van der Waals surface area contributed by atoms with E-state index in [9.17, 15) is 26.7 Å². The van der Waals surface area contributed by atoms with Crippen LogP contribution in [0.5, 0.6) is 5.75 Å². The zero-order chi connectivity index (χ0) is 25.4. The van der Waals surface area contributed by atoms with Crippen molar-refractivity contribution in [3.05, 3.63) is 82.1 Å². The molecule has 0 aliphatic carbocycles. The van der Waals surface area contributed by atoms with Crippen LogP contribution in [0.3, 0.4) is 0 Å². The van der Waals surface area contributed by atoms with Gasteiger partial charge in [-0.05, 0) is 32.0 Å². The summed E-state index contributed by atoms with van der Waals surface area (Å²) in [6.45, 7) is 2.26. The monoisotopic (exact) mass is 491 g/mol. The molecule has 12 heteroatoms. The van der Waals surface area contributed by atoms with Crippen LogP contribution >= 0.6 is 0 Å². The molecule has 2 aromatic heterocycles. The van der Waals surface area contributed by atoms with E-state index < -0.39 is 47.1 Å². The maximum absolute atomic E-state index is 14.1. The number of benzene rings is 2. The fraction of sp³-hybridized carbons (Fsp3) is 0.174. The van der Waals surface area contributed by atoms with E-state index in [1.165, 1.54) is 27.0 Å². The number of halogens is 5. The van der Waals surface area contributed by atoms with Crippen molar-refractivity contribution in [3.8, 4) is 17.0 Å². The van der Waals surface area contributed by atoms with Gasteiger partial charge in [-0.25, -0.2) is 22.0 Å². The topological polar surface area (TPSA) is 84.8 Å². The zero-order valence-electron chi connectivity index (χ0n) is 18.6. The number of aromatic amines is 1. The summed E-state index contributed by atoms with van der Waals surface area (Å²) in [5.74, 6) is -10.2. The van der Waals surface area contributed by atoms with Crippen LogP contribution in [0.15, 0.2) is 30.3 Å². The van der Waals surface area contributed by atoms with E-state index >= 15 is 0 Å². The molecule has 0 saturated heterocycles. The summed E-state index contributed by atoms with van der Waals surface area (Å²) in [5, 5.41) is 13.5. The molecule has 1 amide bonds. The summed E-state index contributed by atoms with van der Waals surface area (Å²) in [5.41, 5.74) is 1.01. The minimum Gasteiger partial charge on any atom is -0.497 e. The molecule has 0 fully saturated rings. The van der Waals surface area contributed by atoms with Crippen LogP contribution in [-0.4, -0.2) is 33.0 Å². The van der Waals surface area contributed by atoms with Crippen molar-refractivity contribution in [1.29, 1.82) is 0 Å². The largest absolute Gasteiger partial charge is 0.497 e. The molecule has 0 aliphatic rings. The Kier molecular flexibility index (Phi) is 6.29. The smallest absolute Gasteiger partial charge is 0.273 e. The first-order chi connectivity index (χ1) is 16.6. The highest BCUT2D eigenvalue weighted by Gasteiger charge is 2.27. The minimum absolute atomic E-state index is 0.120. The number of anilines is 1. The number of aryl methyl sites for hydroxylation is 1. The van der Waals surface area contributed by atoms with Gasteiger partial charge in [-0.2, -0.15) is 10.2 Å². The molecule has 4 aromatic rings. The molecule has 35 heavy (non-hydrogen) atoms. The lowest BCUT2D eigenvalue weighted by atomic mass is 10.1. The maximum atomic E-state index is 14.1. The summed E-state index contributed by atoms with van der Waals surface area (Å²) in [4.78, 5) is 12.8. The lowest BCUT2D eigenvalue weighted by Gasteiger charge is -2.10. The van der Waals surface area contributed by atoms with Crippen LogP contribution in [0.25, 0.3) is 11.3 Å². The van der Waals surface area contributed by atoms with Crippen LogP contribution in [-0.2, 0) is 6.54 Å². The zero-order valence-corrected chi connectivity index (χ0v) is 18.6. The van der Waals surface area contributed by atoms with E-state index in [1.807, 2.05) is 0 Å². The molecule has 2 heterocycles. The molecule has 0 aliphatic heterocycles. The number of rotatable bonds is 6. The van der Waals surface area contributed by atoms with Crippen molar-refractivity contribution < 1.29 is 31.5 Å². The number of amides is 1. The Bertz CT molecular complexity index is 1420. The predicted molar refractivity (Wildman–Crippen MR) is 116 cm³/mol. The van der Waals surface area contributed by atoms with Crippen LogP contribution in [0.4, 0.5) is 27.6 Å². The fourth-order valence-corrected chi connectivity index (χ4v) is 3.52. The van der Waals surface area contributed by atoms with Crippen LogP contribution in [0.2, 0.25) is 0 Å². The Hall–Kier alpha value is -4.22. The summed E-state index contributed by atoms with van der Waals surface area (Å²) in [7, 11) is 1.53. The Labute approximate surface area is 195 Å². The number of methoxy groups -OCH3 is 1. The minimum atomic E-state index is -2.24. The highest BCUT2D eigenvalue weighted by Crippen LogP contribution is 2.27. The molecule has 7 nitrogen and oxygen atoms in total. The molecule has 0 atom stereocenters. The number of nitrogens with one attached hydrogen (secondary N) is 2. The second kappa shape index (κ2) is 9.20. The van der Waals surface area contributed by atoms with E-state index in [1.54, 1.807) is 24.3 Å². The number of nitrogens with zero attached hydrogens (tertiary/aromatic N) is 3. The van der Waals surface area contributed by atoms with Gasteiger partial charge in [0.15, 0.2) is 23.3 Å². The number of hydrogen-bond donors (Lipinski definition) is 2. The average molecular weight is 491 g/mol. The molecule has 2 N–H and O–H groups in total. The molecule has 0 saturated carbocycles. The van der Waals surface area contributed by atoms with Gasteiger partial charge in [0.05, 0.1) is 42.0 Å². The third kappa shape index (κ3) is 4.34. The molecule has 0 unspecified atom stereocenters. The Morgan fingerprint density at radius 1 is 1.03 bits per heavy atom. The second-order valence-electron chi connectivity index (χ2n) is 7.60. The van der Waals surface area contributed by atoms with Crippen molar-refractivity contribution in [3.63, 3.8) is 0 Å². The van der Waals surface area contributed by atoms with Crippen LogP contribution in [0, 0.1) is 42.9 Å². The first-order valence-electron chi connectivity index (χ1n) is 10.2. The lowest BCUT2D eigenvalue weighted by molar-refractivity contribution is 0.102. The summed E-state index contributed by atoms with van der Waals surface area (Å²) >= 11 is 0. The van der Waals surface area contributed by atoms with E-state index in [-0.39, 0.29) is 22.8 Å². The summed E-state index contributed by atoms with van der Waals surface area (Å²) < 4.78 is 74.8. The Morgan fingerprint density at radius 3 is 2.34 bits per heavy atom. The predicted octanol–water partition coefficient (Wildman–Crippen LogP) is 4.89. The van der Waals surface area contributed by atoms with Gasteiger partial charge in [0.1, 0.15) is 11.4 Å². The van der Waals surface area contributed by atoms with Crippen molar-refractivity contribution in [2.75, 3.05) is 12.4 Å². The third-order valence-corrected chi connectivity index (χ3v) is 5.42. The van der Waals surface area contributed by atoms with Gasteiger partial charge >= 0.3 is 0 Å². The molecule has 2 aromatic carbocycles. The lowest BCUT2D eigenvalue weighted by Crippen LogP contribution is -2.15. The van der Waals surface area contributed by atoms with Gasteiger partial charge in [-0.1, -0.05) is 12.1 Å². The molecule has 182 valence electrons. The molecule has 0 radical (unpaired) electrons. The first-order valence-corrected chi connectivity index (χ1v) is 10.2. The van der Waals surface area contributed by atoms with Crippen molar-refractivity contribution in [2.24, 2.45) is 0 Å². The number of hydrogen-bond acceptors (Lipinski definition) is 4. The van der Waals surface area contributed by atoms with E-state index in [0.29, 0.717) is 17.0 Å². The SMILES string of the molecule is COc1cccc(-c2cc(C(=O)Nc3c(C)nn(Cc4c(F)c(F)c(F)c(F)c4F)c3C)[nH]n2)c1. The molecule has 0 spiro atoms. The highest BCUT2D eigenvalue weighted by molar-refractivity contribution is 6.04. The standard InChI is InChI=1S/C23H18F5N5O2/c1-10-22(11(2)33(32-10)9-14-17(24)19(26)21(28)20(27)18(14)25)29-23(34)16-8-15(30-31-16)12-5-4-6-13(7-12)35-3/h4-8H,9H2,1-3H3,(H,29,34)(H,30,31). The normalized spacial score (nSPS) is 11.1. The number of ether oxygens (including phenoxy) is 1. The van der Waals surface area contributed by atoms with Gasteiger partial charge in [0, 0.05) is 5.56 Å². The third-order valence-electron chi connectivity index (χ3n) is 5.42. The van der Waals surface area contributed by atoms with E-state index in [4.69, 9.17) is 4.74 Å². The van der Waals surface area contributed by atoms with Crippen molar-refractivity contribution in [2.45, 2.75) is 20.4 Å². The molecular weight excluding hydrogens is 473 g/mol. The van der Waals surface area contributed by atoms with Crippen molar-refractivity contribution in [1.82, 2.24) is 20.0 Å². The van der Waals surface area contributed by atoms with Gasteiger partial charge < -0.3 is 10.1 Å². The number of carbonyl (C=O) groups is 1. The quantitative estimate of drug-likeness (QED) is 0.228. The first kappa shape index (κ1) is 23.9. The van der Waals surface area contributed by atoms with Gasteiger partial charge in [0.2, 0.25) is 5.82 Å². The molecule has 4 rings (SSSR count). The average Bonchev–Trinajstić information content (AvgIpc) is 3.45. The molecular formula is C23H18F5N5O2. The summed E-state index contributed by atoms with van der Waals surface area (Å²) in [6, 6.07) is 8.59. The van der Waals surface area contributed by atoms with E-state index in [2.05, 4.69) is 20.6 Å². The molecule has 0 bridgehead atoms. The summed E-state index contributed by atoms with van der Waals surface area (Å²) in [6.07, 6.45) is 0. The van der Waals surface area contributed by atoms with Crippen LogP contribution < -0.4 is 10.1 Å². The Morgan fingerprint density at radius 2 is 1.69 bits per heavy atom. The van der Waals surface area contributed by atoms with Gasteiger partial charge in [-0.15, -0.1) is 0 Å². The number of H-pyrrole nitrogens is 1. The fourth-order valence-electron chi connectivity index (χ4n) is 3.52. The van der Waals surface area contributed by atoms with Crippen molar-refractivity contribution >= 4 is 11.6 Å². The maximum Gasteiger partial charge on any atom is 0.273 e. The second-order valence-corrected chi connectivity index (χ2v) is 7.60. The van der Waals surface area contributed by atoms with E-state index in [0.717, 1.165) is 4.68 Å². The Balaban J connectivity index is 1.58. The van der Waals surface area contributed by atoms with Gasteiger partial charge in [-0.3, -0.25) is 14.6 Å². The number of carbonyl (C=O) groups excluding carboxylic acids is 1. The van der Waals surface area contributed by atoms with Gasteiger partial charge in [0.25, 0.3) is 5.91 Å². The van der Waals surface area contributed by atoms with Crippen LogP contribution in [0.1, 0.15) is 27.4 Å². The highest BCUT2D eigenvalue weighted by atomic mass is 19.2. The number of aromatic nitrogens is 4.